The van der Waals surface area contributed by atoms with Crippen LogP contribution in [0.4, 0.5) is 23.7 Å². The second kappa shape index (κ2) is 13.1. The first-order valence-electron chi connectivity index (χ1n) is 15.1. The van der Waals surface area contributed by atoms with Gasteiger partial charge in [-0.05, 0) is 72.5 Å². The van der Waals surface area contributed by atoms with E-state index >= 15 is 0 Å². The van der Waals surface area contributed by atoms with Crippen LogP contribution in [0.2, 0.25) is 0 Å². The summed E-state index contributed by atoms with van der Waals surface area (Å²) in [5.74, 6) is 0. The molecule has 0 atom stereocenters. The molecule has 2 amide bonds. The maximum atomic E-state index is 13.5. The fourth-order valence-electron chi connectivity index (χ4n) is 5.65. The maximum absolute atomic E-state index is 13.5. The number of urea groups is 1. The molecule has 4 heterocycles. The van der Waals surface area contributed by atoms with Crippen LogP contribution >= 0.6 is 0 Å². The summed E-state index contributed by atoms with van der Waals surface area (Å²) in [6, 6.07) is 15.0. The van der Waals surface area contributed by atoms with Gasteiger partial charge in [0.05, 0.1) is 23.0 Å². The lowest BCUT2D eigenvalue weighted by Gasteiger charge is -2.17. The molecule has 0 saturated carbocycles. The number of halogens is 3. The molecule has 46 heavy (non-hydrogen) atoms. The van der Waals surface area contributed by atoms with E-state index in [4.69, 9.17) is 5.73 Å². The molecule has 6 rings (SSSR count). The zero-order valence-electron chi connectivity index (χ0n) is 25.0. The SMILES string of the molecule is NCCCCCCn1ncc2cc(-c3cc(-c4ccc(NC(=O)N5Cc6ccncc6C5)cc4)nn(CC(F)(F)F)c3=O)ccc21. The van der Waals surface area contributed by atoms with E-state index in [2.05, 4.69) is 20.5 Å². The second-order valence-corrected chi connectivity index (χ2v) is 11.4. The van der Waals surface area contributed by atoms with Gasteiger partial charge in [0, 0.05) is 48.7 Å². The molecule has 0 fully saturated rings. The van der Waals surface area contributed by atoms with E-state index in [0.717, 1.165) is 54.3 Å². The Hall–Kier alpha value is -5.04. The summed E-state index contributed by atoms with van der Waals surface area (Å²) in [5.41, 5.74) is 9.36. The average molecular weight is 631 g/mol. The van der Waals surface area contributed by atoms with Crippen LogP contribution in [0.1, 0.15) is 36.8 Å². The fraction of sp³-hybridized carbons (Fsp3) is 0.303. The summed E-state index contributed by atoms with van der Waals surface area (Å²) in [6.45, 7) is 0.786. The molecule has 10 nitrogen and oxygen atoms in total. The first-order chi connectivity index (χ1) is 22.2. The van der Waals surface area contributed by atoms with E-state index < -0.39 is 18.3 Å². The number of benzene rings is 2. The third-order valence-electron chi connectivity index (χ3n) is 8.03. The Bertz CT molecular complexity index is 1890. The Morgan fingerprint density at radius 2 is 1.65 bits per heavy atom. The number of alkyl halides is 3. The molecule has 13 heteroatoms. The van der Waals surface area contributed by atoms with Crippen molar-refractivity contribution in [2.24, 2.45) is 5.73 Å². The van der Waals surface area contributed by atoms with E-state index in [-0.39, 0.29) is 17.3 Å². The number of carbonyl (C=O) groups excluding carboxylic acids is 1. The van der Waals surface area contributed by atoms with Crippen LogP contribution in [0.5, 0.6) is 0 Å². The van der Waals surface area contributed by atoms with Crippen LogP contribution in [0, 0.1) is 0 Å². The summed E-state index contributed by atoms with van der Waals surface area (Å²) in [6.07, 6.45) is 4.50. The quantitative estimate of drug-likeness (QED) is 0.184. The van der Waals surface area contributed by atoms with Crippen LogP contribution in [0.25, 0.3) is 33.3 Å². The average Bonchev–Trinajstić information content (AvgIpc) is 3.66. The number of rotatable bonds is 10. The van der Waals surface area contributed by atoms with Gasteiger partial charge >= 0.3 is 12.2 Å². The number of amides is 2. The summed E-state index contributed by atoms with van der Waals surface area (Å²) in [7, 11) is 0. The van der Waals surface area contributed by atoms with Crippen molar-refractivity contribution in [2.45, 2.75) is 58.0 Å². The van der Waals surface area contributed by atoms with Crippen molar-refractivity contribution in [3.8, 4) is 22.4 Å². The molecular weight excluding hydrogens is 597 g/mol. The lowest BCUT2D eigenvalue weighted by atomic mass is 10.0. The smallest absolute Gasteiger partial charge is 0.330 e. The van der Waals surface area contributed by atoms with Gasteiger partial charge in [0.25, 0.3) is 5.56 Å². The molecule has 0 aliphatic carbocycles. The van der Waals surface area contributed by atoms with Crippen LogP contribution in [-0.2, 0) is 26.2 Å². The number of hydrogen-bond acceptors (Lipinski definition) is 6. The maximum Gasteiger partial charge on any atom is 0.408 e. The van der Waals surface area contributed by atoms with E-state index in [1.165, 1.54) is 6.07 Å². The van der Waals surface area contributed by atoms with E-state index in [0.29, 0.717) is 41.1 Å². The molecule has 0 spiro atoms. The Labute approximate surface area is 262 Å². The highest BCUT2D eigenvalue weighted by molar-refractivity contribution is 5.90. The van der Waals surface area contributed by atoms with Gasteiger partial charge in [0.2, 0.25) is 0 Å². The molecule has 1 aliphatic heterocycles. The molecule has 0 saturated heterocycles. The van der Waals surface area contributed by atoms with Gasteiger partial charge < -0.3 is 16.0 Å². The second-order valence-electron chi connectivity index (χ2n) is 11.4. The van der Waals surface area contributed by atoms with Gasteiger partial charge in [0.1, 0.15) is 6.54 Å². The van der Waals surface area contributed by atoms with Crippen molar-refractivity contribution in [1.29, 1.82) is 0 Å². The highest BCUT2D eigenvalue weighted by Gasteiger charge is 2.30. The minimum absolute atomic E-state index is 0.0890. The van der Waals surface area contributed by atoms with Gasteiger partial charge in [-0.2, -0.15) is 23.4 Å². The Balaban J connectivity index is 1.24. The predicted octanol–water partition coefficient (Wildman–Crippen LogP) is 5.95. The third kappa shape index (κ3) is 6.94. The molecule has 1 aliphatic rings. The van der Waals surface area contributed by atoms with Crippen molar-refractivity contribution in [3.63, 3.8) is 0 Å². The van der Waals surface area contributed by atoms with Gasteiger partial charge in [-0.25, -0.2) is 9.48 Å². The summed E-state index contributed by atoms with van der Waals surface area (Å²) in [4.78, 5) is 31.9. The number of carbonyl (C=O) groups is 1. The normalized spacial score (nSPS) is 12.9. The van der Waals surface area contributed by atoms with Crippen LogP contribution in [0.3, 0.4) is 0 Å². The number of hydrogen-bond donors (Lipinski definition) is 2. The highest BCUT2D eigenvalue weighted by atomic mass is 19.4. The van der Waals surface area contributed by atoms with Crippen LogP contribution < -0.4 is 16.6 Å². The zero-order chi connectivity index (χ0) is 32.3. The number of nitrogens with zero attached hydrogens (tertiary/aromatic N) is 6. The first kappa shape index (κ1) is 31.0. The lowest BCUT2D eigenvalue weighted by molar-refractivity contribution is -0.143. The first-order valence-corrected chi connectivity index (χ1v) is 15.1. The molecule has 5 aromatic rings. The van der Waals surface area contributed by atoms with Gasteiger partial charge in [-0.3, -0.25) is 14.5 Å². The van der Waals surface area contributed by atoms with E-state index in [1.807, 2.05) is 16.8 Å². The number of aryl methyl sites for hydroxylation is 1. The third-order valence-corrected chi connectivity index (χ3v) is 8.03. The van der Waals surface area contributed by atoms with Crippen molar-refractivity contribution in [1.82, 2.24) is 29.4 Å². The van der Waals surface area contributed by atoms with Crippen LogP contribution in [0.15, 0.2) is 78.0 Å². The molecule has 0 radical (unpaired) electrons. The van der Waals surface area contributed by atoms with Crippen LogP contribution in [-0.4, -0.2) is 48.2 Å². The van der Waals surface area contributed by atoms with Gasteiger partial charge in [0.15, 0.2) is 0 Å². The number of unbranched alkanes of at least 4 members (excludes halogenated alkanes) is 3. The molecule has 3 aromatic heterocycles. The van der Waals surface area contributed by atoms with Gasteiger partial charge in [-0.1, -0.05) is 31.0 Å². The summed E-state index contributed by atoms with van der Waals surface area (Å²) < 4.78 is 42.8. The summed E-state index contributed by atoms with van der Waals surface area (Å²) in [5, 5.41) is 12.2. The Morgan fingerprint density at radius 1 is 0.891 bits per heavy atom. The number of pyridine rings is 1. The lowest BCUT2D eigenvalue weighted by Crippen LogP contribution is -2.31. The van der Waals surface area contributed by atoms with Crippen molar-refractivity contribution in [3.05, 3.63) is 94.7 Å². The van der Waals surface area contributed by atoms with E-state index in [9.17, 15) is 22.8 Å². The van der Waals surface area contributed by atoms with Crippen molar-refractivity contribution >= 4 is 22.6 Å². The molecule has 238 valence electrons. The Kier molecular flexibility index (Phi) is 8.84. The fourth-order valence-corrected chi connectivity index (χ4v) is 5.65. The topological polar surface area (TPSA) is 124 Å². The largest absolute Gasteiger partial charge is 0.408 e. The highest BCUT2D eigenvalue weighted by Crippen LogP contribution is 2.28. The van der Waals surface area contributed by atoms with Crippen molar-refractivity contribution in [2.75, 3.05) is 11.9 Å². The number of aromatic nitrogens is 5. The molecule has 0 bridgehead atoms. The number of anilines is 1. The zero-order valence-corrected chi connectivity index (χ0v) is 25.0. The monoisotopic (exact) mass is 630 g/mol. The molecular formula is C33H33F3N8O2. The summed E-state index contributed by atoms with van der Waals surface area (Å²) >= 11 is 0. The predicted molar refractivity (Wildman–Crippen MR) is 169 cm³/mol. The molecule has 0 unspecified atom stereocenters. The number of nitrogens with one attached hydrogen (secondary N) is 1. The van der Waals surface area contributed by atoms with Crippen molar-refractivity contribution < 1.29 is 18.0 Å². The Morgan fingerprint density at radius 3 is 2.41 bits per heavy atom. The molecule has 2 aromatic carbocycles. The number of nitrogens with two attached hydrogens (primary N) is 1. The standard InChI is InChI=1S/C33H33F3N8O2/c34-33(35,36)21-44-31(45)28(23-7-10-30-25(15-23)18-39-43(30)14-4-2-1-3-12-37)16-29(41-44)22-5-8-27(9-6-22)40-32(46)42-19-24-11-13-38-17-26(24)20-42/h5-11,13,15-18H,1-4,12,14,19-21,37H2,(H,40,46). The minimum Gasteiger partial charge on any atom is -0.330 e. The van der Waals surface area contributed by atoms with E-state index in [1.54, 1.807) is 59.9 Å². The minimum atomic E-state index is -4.65. The van der Waals surface area contributed by atoms with Gasteiger partial charge in [-0.15, -0.1) is 0 Å². The molecule has 3 N–H and O–H groups in total. The number of fused-ring (bicyclic) bond motifs is 2.